The fourth-order valence-electron chi connectivity index (χ4n) is 10.9. The van der Waals surface area contributed by atoms with Crippen molar-refractivity contribution in [2.75, 3.05) is 69.5 Å². The van der Waals surface area contributed by atoms with Gasteiger partial charge >= 0.3 is 5.97 Å². The summed E-state index contributed by atoms with van der Waals surface area (Å²) in [7, 11) is 11.9. The summed E-state index contributed by atoms with van der Waals surface area (Å²) in [6, 6.07) is 13.7. The van der Waals surface area contributed by atoms with E-state index in [-0.39, 0.29) is 49.8 Å². The number of unbranched alkanes of at least 4 members (excludes halogenated alkanes) is 1. The molecular formula is C62H93N13O10. The number of carbonyl (C=O) groups excluding carboxylic acids is 7. The van der Waals surface area contributed by atoms with E-state index >= 15 is 14.4 Å². The highest BCUT2D eigenvalue weighted by Gasteiger charge is 2.45. The number of hydrogen-bond acceptors (Lipinski definition) is 12. The number of aromatic amines is 1. The fourth-order valence-corrected chi connectivity index (χ4v) is 10.9. The molecule has 1 aromatic heterocycles. The van der Waals surface area contributed by atoms with Gasteiger partial charge in [-0.15, -0.1) is 0 Å². The molecule has 8 atom stereocenters. The first-order valence-electron chi connectivity index (χ1n) is 29.0. The van der Waals surface area contributed by atoms with Crippen molar-refractivity contribution in [2.24, 2.45) is 34.0 Å². The minimum atomic E-state index is -1.27. The molecule has 0 radical (unpaired) electrons. The largest absolute Gasteiger partial charge is 0.508 e. The predicted molar refractivity (Wildman–Crippen MR) is 329 cm³/mol. The van der Waals surface area contributed by atoms with Crippen LogP contribution in [0.2, 0.25) is 0 Å². The maximum atomic E-state index is 15.4. The summed E-state index contributed by atoms with van der Waals surface area (Å²) < 4.78 is 0. The third-order valence-electron chi connectivity index (χ3n) is 16.2. The number of benzene rings is 3. The Labute approximate surface area is 500 Å². The van der Waals surface area contributed by atoms with E-state index in [4.69, 9.17) is 17.2 Å². The summed E-state index contributed by atoms with van der Waals surface area (Å²) >= 11 is 0. The predicted octanol–water partition coefficient (Wildman–Crippen LogP) is 2.88. The number of hydrogen-bond donors (Lipinski definition) is 7. The van der Waals surface area contributed by atoms with Crippen molar-refractivity contribution in [2.45, 2.75) is 134 Å². The van der Waals surface area contributed by atoms with Gasteiger partial charge < -0.3 is 72.0 Å². The summed E-state index contributed by atoms with van der Waals surface area (Å²) in [5.41, 5.74) is 19.6. The van der Waals surface area contributed by atoms with Crippen LogP contribution in [-0.4, -0.2) is 221 Å². The molecular weight excluding hydrogens is 1090 g/mol. The number of H-pyrrole nitrogens is 1. The topological polar surface area (TPSA) is 318 Å². The van der Waals surface area contributed by atoms with Gasteiger partial charge in [0, 0.05) is 92.2 Å². The van der Waals surface area contributed by atoms with Crippen molar-refractivity contribution in [3.63, 3.8) is 0 Å². The summed E-state index contributed by atoms with van der Waals surface area (Å²) in [5, 5.41) is 24.4. The average molecular weight is 1180 g/mol. The molecule has 0 aliphatic heterocycles. The van der Waals surface area contributed by atoms with Gasteiger partial charge in [-0.2, -0.15) is 0 Å². The van der Waals surface area contributed by atoms with Gasteiger partial charge in [-0.25, -0.2) is 4.79 Å². The van der Waals surface area contributed by atoms with Crippen LogP contribution in [0, 0.1) is 11.8 Å². The molecule has 10 N–H and O–H groups in total. The number of phenolic OH excluding ortho intramolecular Hbond substituents is 1. The standard InChI is InChI=1S/C62H93N13O10/c1-38(2)52(59(82)69(7)40(5)54(77)71(9)51(36-43-37-68-46-25-18-17-24-45(43)46)57(80)70(8)48(61(84)85)27-19-20-32-63)75(13)60(83)53(39(3)4)74(12)58(81)50(35-42-28-30-44(76)31-29-42)73(11)56(79)49(34-41-22-15-14-16-23-41)72(10)55(78)47(66-6)26-21-33-67-62(64)65/h14-18,22-25,28-31,37-40,47-53,66,68,76H,19-21,26-27,32-36,63H2,1-13H3,(H,84,85)(H4,64,65,67)/t40-,47-,48-,49-,50-,51-,52-,53-/m0/s1. The number of aromatic hydroxyl groups is 1. The number of carboxylic acid groups (broad SMARTS) is 1. The number of aliphatic carboxylic acids is 1. The van der Waals surface area contributed by atoms with E-state index in [0.717, 1.165) is 21.4 Å². The highest BCUT2D eigenvalue weighted by atomic mass is 16.4. The number of aliphatic imine (C=N–C) groups is 1. The number of nitrogens with zero attached hydrogens (tertiary/aromatic N) is 8. The number of amides is 7. The Bertz CT molecular complexity index is 2910. The van der Waals surface area contributed by atoms with Gasteiger partial charge in [-0.1, -0.05) is 88.4 Å². The Morgan fingerprint density at radius 1 is 0.541 bits per heavy atom. The number of para-hydroxylation sites is 1. The number of guanidine groups is 1. The first-order valence-corrected chi connectivity index (χ1v) is 29.0. The number of phenols is 1. The fraction of sp³-hybridized carbons (Fsp3) is 0.532. The van der Waals surface area contributed by atoms with Crippen LogP contribution in [-0.2, 0) is 57.6 Å². The van der Waals surface area contributed by atoms with Crippen molar-refractivity contribution in [1.82, 2.24) is 44.6 Å². The van der Waals surface area contributed by atoms with E-state index in [1.165, 1.54) is 90.7 Å². The molecule has 0 aliphatic carbocycles. The second kappa shape index (κ2) is 32.3. The molecule has 0 aliphatic rings. The zero-order valence-electron chi connectivity index (χ0n) is 51.9. The summed E-state index contributed by atoms with van der Waals surface area (Å²) in [5.74, 6) is -6.39. The lowest BCUT2D eigenvalue weighted by Gasteiger charge is -2.42. The molecule has 0 saturated carbocycles. The first kappa shape index (κ1) is 69.4. The minimum Gasteiger partial charge on any atom is -0.508 e. The van der Waals surface area contributed by atoms with Gasteiger partial charge in [0.2, 0.25) is 41.4 Å². The quantitative estimate of drug-likeness (QED) is 0.0210. The molecule has 85 heavy (non-hydrogen) atoms. The number of carbonyl (C=O) groups is 8. The van der Waals surface area contributed by atoms with Crippen LogP contribution in [0.4, 0.5) is 0 Å². The lowest BCUT2D eigenvalue weighted by molar-refractivity contribution is -0.158. The molecule has 3 aromatic carbocycles. The smallest absolute Gasteiger partial charge is 0.326 e. The highest BCUT2D eigenvalue weighted by molar-refractivity contribution is 5.98. The van der Waals surface area contributed by atoms with Crippen LogP contribution in [0.1, 0.15) is 83.4 Å². The number of nitrogens with one attached hydrogen (secondary N) is 2. The van der Waals surface area contributed by atoms with E-state index in [2.05, 4.69) is 15.3 Å². The van der Waals surface area contributed by atoms with Crippen LogP contribution in [0.15, 0.2) is 90.1 Å². The van der Waals surface area contributed by atoms with E-state index in [1.54, 1.807) is 60.1 Å². The van der Waals surface area contributed by atoms with Crippen molar-refractivity contribution < 1.29 is 48.6 Å². The summed E-state index contributed by atoms with van der Waals surface area (Å²) in [6.07, 6.45) is 3.75. The van der Waals surface area contributed by atoms with Gasteiger partial charge in [-0.3, -0.25) is 38.6 Å². The molecule has 4 rings (SSSR count). The van der Waals surface area contributed by atoms with Gasteiger partial charge in [0.25, 0.3) is 0 Å². The normalized spacial score (nSPS) is 14.2. The third-order valence-corrected chi connectivity index (χ3v) is 16.2. The molecule has 1 heterocycles. The number of likely N-dealkylation sites (N-methyl/N-ethyl adjacent to an activating group) is 8. The maximum absolute atomic E-state index is 15.4. The lowest BCUT2D eigenvalue weighted by atomic mass is 9.95. The monoisotopic (exact) mass is 1180 g/mol. The van der Waals surface area contributed by atoms with Gasteiger partial charge in [0.15, 0.2) is 5.96 Å². The second-order valence-corrected chi connectivity index (χ2v) is 22.8. The molecule has 0 bridgehead atoms. The third kappa shape index (κ3) is 18.0. The molecule has 0 unspecified atom stereocenters. The van der Waals surface area contributed by atoms with Crippen molar-refractivity contribution in [3.8, 4) is 5.75 Å². The Kier molecular flexibility index (Phi) is 26.4. The number of fused-ring (bicyclic) bond motifs is 1. The van der Waals surface area contributed by atoms with Gasteiger partial charge in [0.1, 0.15) is 48.0 Å². The number of nitrogens with two attached hydrogens (primary N) is 3. The Hall–Kier alpha value is -8.05. The van der Waals surface area contributed by atoms with E-state index in [9.17, 15) is 34.2 Å². The number of aromatic nitrogens is 1. The van der Waals surface area contributed by atoms with Crippen LogP contribution in [0.3, 0.4) is 0 Å². The molecule has 0 fully saturated rings. The van der Waals surface area contributed by atoms with Gasteiger partial charge in [0.05, 0.1) is 6.04 Å². The second-order valence-electron chi connectivity index (χ2n) is 22.8. The van der Waals surface area contributed by atoms with Crippen LogP contribution < -0.4 is 22.5 Å². The van der Waals surface area contributed by atoms with Crippen LogP contribution >= 0.6 is 0 Å². The molecule has 7 amide bonds. The van der Waals surface area contributed by atoms with E-state index in [0.29, 0.717) is 43.4 Å². The van der Waals surface area contributed by atoms with Crippen molar-refractivity contribution >= 4 is 64.2 Å². The lowest BCUT2D eigenvalue weighted by Crippen LogP contribution is -2.62. The Morgan fingerprint density at radius 2 is 1.01 bits per heavy atom. The van der Waals surface area contributed by atoms with Crippen molar-refractivity contribution in [3.05, 3.63) is 102 Å². The number of rotatable bonds is 32. The molecule has 23 heteroatoms. The van der Waals surface area contributed by atoms with E-state index < -0.39 is 102 Å². The highest BCUT2D eigenvalue weighted by Crippen LogP contribution is 2.26. The van der Waals surface area contributed by atoms with Crippen molar-refractivity contribution in [1.29, 1.82) is 0 Å². The SMILES string of the molecule is CN[C@@H](CCCN=C(N)N)C(=O)N(C)[C@@H](Cc1ccccc1)C(=O)N(C)[C@@H](Cc1ccc(O)cc1)C(=O)N(C)[C@H](C(=O)N(C)[C@H](C(=O)N(C)[C@@H](C)C(=O)N(C)[C@@H](Cc1c[nH]c2ccccc12)C(=O)N(C)[C@@H](CCCCN)C(=O)O)C(C)C)C(C)C. The maximum Gasteiger partial charge on any atom is 0.326 e. The Morgan fingerprint density at radius 3 is 1.54 bits per heavy atom. The molecule has 4 aromatic rings. The van der Waals surface area contributed by atoms with Crippen LogP contribution in [0.25, 0.3) is 10.9 Å². The average Bonchev–Trinajstić information content (AvgIpc) is 2.42. The Balaban J connectivity index is 1.69. The van der Waals surface area contributed by atoms with E-state index in [1.807, 2.05) is 54.6 Å². The summed E-state index contributed by atoms with van der Waals surface area (Å²) in [4.78, 5) is 133. The molecule has 466 valence electrons. The molecule has 0 saturated heterocycles. The zero-order chi connectivity index (χ0) is 63.6. The minimum absolute atomic E-state index is 0.00904. The summed E-state index contributed by atoms with van der Waals surface area (Å²) in [6.45, 7) is 9.18. The first-order chi connectivity index (χ1) is 40.1. The van der Waals surface area contributed by atoms with Crippen LogP contribution in [0.5, 0.6) is 5.75 Å². The van der Waals surface area contributed by atoms with Gasteiger partial charge in [-0.05, 0) is 99.3 Å². The molecule has 0 spiro atoms. The zero-order valence-corrected chi connectivity index (χ0v) is 51.9. The number of carboxylic acids is 1. The molecule has 23 nitrogen and oxygen atoms in total.